The average molecular weight is 275 g/mol. The highest BCUT2D eigenvalue weighted by atomic mass is 35.5. The Labute approximate surface area is 105 Å². The van der Waals surface area contributed by atoms with Crippen LogP contribution in [0.2, 0.25) is 5.02 Å². The molecule has 0 aliphatic carbocycles. The molecular weight excluding hydrogens is 269 g/mol. The molecule has 0 fully saturated rings. The van der Waals surface area contributed by atoms with Gasteiger partial charge in [-0.3, -0.25) is 4.79 Å². The molecule has 2 rings (SSSR count). The summed E-state index contributed by atoms with van der Waals surface area (Å²) in [5.74, 6) is 0. The van der Waals surface area contributed by atoms with Crippen molar-refractivity contribution in [3.05, 3.63) is 46.7 Å². The molecule has 1 aromatic carbocycles. The van der Waals surface area contributed by atoms with Crippen molar-refractivity contribution in [1.82, 2.24) is 9.78 Å². The van der Waals surface area contributed by atoms with Crippen LogP contribution in [0.15, 0.2) is 30.6 Å². The Balaban J connectivity index is 2.52. The van der Waals surface area contributed by atoms with Crippen LogP contribution in [-0.2, 0) is 6.18 Å². The fraction of sp³-hybridized carbons (Fsp3) is 0.0909. The quantitative estimate of drug-likeness (QED) is 0.787. The summed E-state index contributed by atoms with van der Waals surface area (Å²) in [7, 11) is 0. The van der Waals surface area contributed by atoms with Gasteiger partial charge in [0.15, 0.2) is 6.29 Å². The van der Waals surface area contributed by atoms with E-state index in [0.717, 1.165) is 10.9 Å². The minimum Gasteiger partial charge on any atom is -0.298 e. The number of aromatic nitrogens is 2. The molecular formula is C11H6ClF3N2O. The third-order valence-corrected chi connectivity index (χ3v) is 2.51. The van der Waals surface area contributed by atoms with E-state index in [9.17, 15) is 18.0 Å². The van der Waals surface area contributed by atoms with Gasteiger partial charge >= 0.3 is 6.18 Å². The molecule has 0 saturated carbocycles. The Morgan fingerprint density at radius 3 is 2.61 bits per heavy atom. The van der Waals surface area contributed by atoms with E-state index in [4.69, 9.17) is 11.6 Å². The molecule has 18 heavy (non-hydrogen) atoms. The molecule has 94 valence electrons. The molecule has 0 unspecified atom stereocenters. The van der Waals surface area contributed by atoms with Gasteiger partial charge in [-0.1, -0.05) is 11.6 Å². The van der Waals surface area contributed by atoms with Crippen LogP contribution in [0.1, 0.15) is 15.9 Å². The lowest BCUT2D eigenvalue weighted by molar-refractivity contribution is -0.137. The molecule has 7 heteroatoms. The molecule has 1 heterocycles. The largest absolute Gasteiger partial charge is 0.419 e. The van der Waals surface area contributed by atoms with Crippen molar-refractivity contribution in [1.29, 1.82) is 0 Å². The first kappa shape index (κ1) is 12.6. The van der Waals surface area contributed by atoms with E-state index in [1.54, 1.807) is 0 Å². The number of rotatable bonds is 2. The van der Waals surface area contributed by atoms with Crippen molar-refractivity contribution in [2.24, 2.45) is 0 Å². The van der Waals surface area contributed by atoms with E-state index in [-0.39, 0.29) is 11.3 Å². The maximum atomic E-state index is 12.4. The molecule has 0 atom stereocenters. The summed E-state index contributed by atoms with van der Waals surface area (Å²) in [4.78, 5) is 10.8. The van der Waals surface area contributed by atoms with Crippen LogP contribution in [0.5, 0.6) is 0 Å². The standard InChI is InChI=1S/C11H6ClF3N2O/c12-9-2-1-7(6-18)10(3-9)17-5-8(4-16-17)11(13,14)15/h1-6H. The summed E-state index contributed by atoms with van der Waals surface area (Å²) in [6, 6.07) is 4.26. The predicted octanol–water partition coefficient (Wildman–Crippen LogP) is 3.36. The van der Waals surface area contributed by atoms with Crippen LogP contribution < -0.4 is 0 Å². The molecule has 1 aromatic heterocycles. The second-order valence-corrected chi connectivity index (χ2v) is 3.93. The molecule has 2 aromatic rings. The zero-order chi connectivity index (χ0) is 13.3. The minimum atomic E-state index is -4.47. The maximum Gasteiger partial charge on any atom is 0.419 e. The summed E-state index contributed by atoms with van der Waals surface area (Å²) in [5.41, 5.74) is -0.483. The molecule has 3 nitrogen and oxygen atoms in total. The maximum absolute atomic E-state index is 12.4. The second kappa shape index (κ2) is 4.45. The van der Waals surface area contributed by atoms with Crippen molar-refractivity contribution < 1.29 is 18.0 Å². The van der Waals surface area contributed by atoms with E-state index in [2.05, 4.69) is 5.10 Å². The topological polar surface area (TPSA) is 34.9 Å². The molecule has 0 saturated heterocycles. The van der Waals surface area contributed by atoms with Crippen molar-refractivity contribution in [3.63, 3.8) is 0 Å². The molecule has 0 N–H and O–H groups in total. The van der Waals surface area contributed by atoms with Crippen molar-refractivity contribution >= 4 is 17.9 Å². The first-order valence-corrected chi connectivity index (χ1v) is 5.16. The van der Waals surface area contributed by atoms with E-state index in [1.165, 1.54) is 18.2 Å². The smallest absolute Gasteiger partial charge is 0.298 e. The summed E-state index contributed by atoms with van der Waals surface area (Å²) < 4.78 is 38.3. The highest BCUT2D eigenvalue weighted by molar-refractivity contribution is 6.30. The van der Waals surface area contributed by atoms with Crippen LogP contribution in [-0.4, -0.2) is 16.1 Å². The zero-order valence-corrected chi connectivity index (χ0v) is 9.53. The number of benzene rings is 1. The summed E-state index contributed by atoms with van der Waals surface area (Å²) in [5, 5.41) is 3.89. The molecule has 0 aliphatic rings. The highest BCUT2D eigenvalue weighted by Gasteiger charge is 2.32. The van der Waals surface area contributed by atoms with Crippen LogP contribution in [0.4, 0.5) is 13.2 Å². The first-order valence-electron chi connectivity index (χ1n) is 4.79. The summed E-state index contributed by atoms with van der Waals surface area (Å²) in [6.45, 7) is 0. The lowest BCUT2D eigenvalue weighted by Gasteiger charge is -2.05. The Bertz CT molecular complexity index is 592. The Kier molecular flexibility index (Phi) is 3.13. The van der Waals surface area contributed by atoms with E-state index in [1.807, 2.05) is 0 Å². The lowest BCUT2D eigenvalue weighted by Crippen LogP contribution is -2.03. The molecule has 0 amide bonds. The van der Waals surface area contributed by atoms with Gasteiger partial charge in [0.1, 0.15) is 0 Å². The molecule has 0 radical (unpaired) electrons. The minimum absolute atomic E-state index is 0.202. The van der Waals surface area contributed by atoms with Crippen molar-refractivity contribution in [2.75, 3.05) is 0 Å². The number of aldehydes is 1. The predicted molar refractivity (Wildman–Crippen MR) is 59.0 cm³/mol. The van der Waals surface area contributed by atoms with E-state index in [0.29, 0.717) is 17.5 Å². The monoisotopic (exact) mass is 274 g/mol. The normalized spacial score (nSPS) is 11.6. The number of hydrogen-bond donors (Lipinski definition) is 0. The highest BCUT2D eigenvalue weighted by Crippen LogP contribution is 2.29. The fourth-order valence-electron chi connectivity index (χ4n) is 1.42. The molecule has 0 spiro atoms. The number of carbonyl (C=O) groups excluding carboxylic acids is 1. The molecule has 0 aliphatic heterocycles. The number of alkyl halides is 3. The number of carbonyl (C=O) groups is 1. The van der Waals surface area contributed by atoms with Gasteiger partial charge in [-0.05, 0) is 18.2 Å². The van der Waals surface area contributed by atoms with Gasteiger partial charge in [-0.15, -0.1) is 0 Å². The Morgan fingerprint density at radius 1 is 1.33 bits per heavy atom. The zero-order valence-electron chi connectivity index (χ0n) is 8.78. The van der Waals surface area contributed by atoms with Gasteiger partial charge in [0.25, 0.3) is 0 Å². The second-order valence-electron chi connectivity index (χ2n) is 3.49. The summed E-state index contributed by atoms with van der Waals surface area (Å²) >= 11 is 5.74. The fourth-order valence-corrected chi connectivity index (χ4v) is 1.58. The lowest BCUT2D eigenvalue weighted by atomic mass is 10.2. The van der Waals surface area contributed by atoms with Crippen LogP contribution in [0, 0.1) is 0 Å². The van der Waals surface area contributed by atoms with Gasteiger partial charge in [-0.25, -0.2) is 4.68 Å². The van der Waals surface area contributed by atoms with Gasteiger partial charge < -0.3 is 0 Å². The van der Waals surface area contributed by atoms with Crippen LogP contribution >= 0.6 is 11.6 Å². The van der Waals surface area contributed by atoms with E-state index >= 15 is 0 Å². The average Bonchev–Trinajstić information content (AvgIpc) is 2.77. The third kappa shape index (κ3) is 2.38. The van der Waals surface area contributed by atoms with Crippen molar-refractivity contribution in [2.45, 2.75) is 6.18 Å². The number of nitrogens with zero attached hydrogens (tertiary/aromatic N) is 2. The van der Waals surface area contributed by atoms with E-state index < -0.39 is 11.7 Å². The van der Waals surface area contributed by atoms with Gasteiger partial charge in [0.05, 0.1) is 17.4 Å². The van der Waals surface area contributed by atoms with Crippen LogP contribution in [0.3, 0.4) is 0 Å². The molecule has 0 bridgehead atoms. The SMILES string of the molecule is O=Cc1ccc(Cl)cc1-n1cc(C(F)(F)F)cn1. The number of halogens is 4. The first-order chi connectivity index (χ1) is 8.41. The van der Waals surface area contributed by atoms with Gasteiger partial charge in [0.2, 0.25) is 0 Å². The summed E-state index contributed by atoms with van der Waals surface area (Å²) in [6.07, 6.45) is -2.45. The Morgan fingerprint density at radius 2 is 2.06 bits per heavy atom. The van der Waals surface area contributed by atoms with Crippen LogP contribution in [0.25, 0.3) is 5.69 Å². The third-order valence-electron chi connectivity index (χ3n) is 2.28. The van der Waals surface area contributed by atoms with Gasteiger partial charge in [-0.2, -0.15) is 18.3 Å². The van der Waals surface area contributed by atoms with Crippen molar-refractivity contribution in [3.8, 4) is 5.69 Å². The van der Waals surface area contributed by atoms with Gasteiger partial charge in [0, 0.05) is 16.8 Å². The number of hydrogen-bond acceptors (Lipinski definition) is 2. The Hall–Kier alpha value is -1.82.